The molecule has 0 amide bonds. The zero-order chi connectivity index (χ0) is 34.2. The van der Waals surface area contributed by atoms with Crippen LogP contribution in [0.15, 0.2) is 60.7 Å². The van der Waals surface area contributed by atoms with E-state index < -0.39 is 0 Å². The van der Waals surface area contributed by atoms with Crippen molar-refractivity contribution < 1.29 is 9.68 Å². The molecule has 0 aliphatic carbocycles. The van der Waals surface area contributed by atoms with Crippen LogP contribution >= 0.6 is 0 Å². The number of hydrogen-bond acceptors (Lipinski definition) is 5. The van der Waals surface area contributed by atoms with E-state index in [1.54, 1.807) is 0 Å². The summed E-state index contributed by atoms with van der Waals surface area (Å²) in [4.78, 5) is 13.2. The van der Waals surface area contributed by atoms with Crippen molar-refractivity contribution in [3.8, 4) is 0 Å². The second kappa shape index (κ2) is 30.9. The van der Waals surface area contributed by atoms with Gasteiger partial charge in [-0.3, -0.25) is 9.68 Å². The summed E-state index contributed by atoms with van der Waals surface area (Å²) >= 11 is 0. The number of benzene rings is 2. The standard InChI is InChI=1S/C43H75N3O2/c1-3-5-7-9-11-13-15-17-19-21-23-31-39-47-45(41-33-27-25-28-34-41)43(37-38-44)46(42-35-29-26-30-36-42)48-40-32-24-22-20-18-16-14-12-10-8-6-4-2/h25-30,33-36,43H,3-24,31-32,37-40,44H2,1-2H3. The number of nitrogens with two attached hydrogens (primary N) is 1. The number of rotatable bonds is 34. The number of hydroxylamine groups is 2. The van der Waals surface area contributed by atoms with Crippen molar-refractivity contribution in [3.63, 3.8) is 0 Å². The molecule has 274 valence electrons. The van der Waals surface area contributed by atoms with Crippen LogP contribution in [0, 0.1) is 0 Å². The molecule has 0 aliphatic rings. The van der Waals surface area contributed by atoms with Gasteiger partial charge in [-0.1, -0.05) is 192 Å². The van der Waals surface area contributed by atoms with Gasteiger partial charge < -0.3 is 5.73 Å². The second-order valence-electron chi connectivity index (χ2n) is 13.8. The van der Waals surface area contributed by atoms with E-state index in [2.05, 4.69) is 84.6 Å². The lowest BCUT2D eigenvalue weighted by Crippen LogP contribution is -2.50. The molecule has 5 heteroatoms. The van der Waals surface area contributed by atoms with Crippen molar-refractivity contribution in [1.82, 2.24) is 0 Å². The Bertz CT molecular complexity index is 855. The topological polar surface area (TPSA) is 51.0 Å². The van der Waals surface area contributed by atoms with Crippen molar-refractivity contribution in [2.24, 2.45) is 5.73 Å². The van der Waals surface area contributed by atoms with Crippen LogP contribution in [0.2, 0.25) is 0 Å². The third-order valence-corrected chi connectivity index (χ3v) is 9.44. The van der Waals surface area contributed by atoms with Crippen molar-refractivity contribution in [1.29, 1.82) is 0 Å². The van der Waals surface area contributed by atoms with Crippen LogP contribution in [-0.4, -0.2) is 25.9 Å². The van der Waals surface area contributed by atoms with Crippen LogP contribution in [-0.2, 0) is 9.68 Å². The van der Waals surface area contributed by atoms with E-state index in [0.717, 1.165) is 30.6 Å². The molecule has 2 aromatic rings. The Morgan fingerprint density at radius 2 is 0.729 bits per heavy atom. The number of anilines is 2. The molecule has 2 aromatic carbocycles. The van der Waals surface area contributed by atoms with Crippen molar-refractivity contribution in [2.75, 3.05) is 29.9 Å². The monoisotopic (exact) mass is 666 g/mol. The summed E-state index contributed by atoms with van der Waals surface area (Å²) < 4.78 is 0. The normalized spacial score (nSPS) is 11.4. The van der Waals surface area contributed by atoms with Gasteiger partial charge >= 0.3 is 0 Å². The smallest absolute Gasteiger partial charge is 0.153 e. The van der Waals surface area contributed by atoms with Gasteiger partial charge in [0.1, 0.15) is 0 Å². The van der Waals surface area contributed by atoms with E-state index in [4.69, 9.17) is 15.4 Å². The Labute approximate surface area is 297 Å². The average molecular weight is 666 g/mol. The van der Waals surface area contributed by atoms with Crippen LogP contribution in [0.25, 0.3) is 0 Å². The van der Waals surface area contributed by atoms with E-state index in [0.29, 0.717) is 19.8 Å². The van der Waals surface area contributed by atoms with E-state index in [9.17, 15) is 0 Å². The molecule has 5 nitrogen and oxygen atoms in total. The SMILES string of the molecule is CCCCCCCCCCCCCCON(c1ccccc1)C(CCN)N(OCCCCCCCCCCCCCC)c1ccccc1. The van der Waals surface area contributed by atoms with E-state index in [1.165, 1.54) is 141 Å². The second-order valence-corrected chi connectivity index (χ2v) is 13.8. The van der Waals surface area contributed by atoms with Gasteiger partial charge in [0.15, 0.2) is 6.17 Å². The van der Waals surface area contributed by atoms with E-state index in [-0.39, 0.29) is 6.17 Å². The van der Waals surface area contributed by atoms with Gasteiger partial charge in [-0.25, -0.2) is 10.1 Å². The van der Waals surface area contributed by atoms with Gasteiger partial charge in [-0.05, 0) is 43.7 Å². The third kappa shape index (κ3) is 20.4. The zero-order valence-electron chi connectivity index (χ0n) is 31.4. The van der Waals surface area contributed by atoms with Gasteiger partial charge in [-0.15, -0.1) is 0 Å². The first kappa shape index (κ1) is 42.1. The Balaban J connectivity index is 1.84. The predicted octanol–water partition coefficient (Wildman–Crippen LogP) is 12.9. The molecule has 0 aliphatic heterocycles. The number of hydrogen-bond donors (Lipinski definition) is 1. The first-order valence-corrected chi connectivity index (χ1v) is 20.5. The molecule has 0 spiro atoms. The van der Waals surface area contributed by atoms with Crippen LogP contribution in [0.5, 0.6) is 0 Å². The van der Waals surface area contributed by atoms with Crippen molar-refractivity contribution in [3.05, 3.63) is 60.7 Å². The van der Waals surface area contributed by atoms with Gasteiger partial charge in [0.25, 0.3) is 0 Å². The molecule has 0 saturated carbocycles. The lowest BCUT2D eigenvalue weighted by molar-refractivity contribution is 0.0208. The fourth-order valence-corrected chi connectivity index (χ4v) is 6.51. The maximum absolute atomic E-state index is 6.61. The molecular formula is C43H75N3O2. The molecule has 2 rings (SSSR count). The first-order valence-electron chi connectivity index (χ1n) is 20.5. The van der Waals surface area contributed by atoms with Gasteiger partial charge in [0, 0.05) is 6.42 Å². The molecule has 0 aromatic heterocycles. The number of para-hydroxylation sites is 2. The molecule has 2 N–H and O–H groups in total. The van der Waals surface area contributed by atoms with E-state index >= 15 is 0 Å². The molecule has 0 saturated heterocycles. The fourth-order valence-electron chi connectivity index (χ4n) is 6.51. The van der Waals surface area contributed by atoms with Crippen LogP contribution in [0.1, 0.15) is 174 Å². The highest BCUT2D eigenvalue weighted by atomic mass is 16.7. The van der Waals surface area contributed by atoms with Crippen LogP contribution < -0.4 is 15.9 Å². The summed E-state index contributed by atoms with van der Waals surface area (Å²) in [6.07, 6.45) is 32.6. The highest BCUT2D eigenvalue weighted by Crippen LogP contribution is 2.27. The average Bonchev–Trinajstić information content (AvgIpc) is 3.12. The van der Waals surface area contributed by atoms with Gasteiger partial charge in [0.2, 0.25) is 0 Å². The molecule has 0 heterocycles. The molecule has 48 heavy (non-hydrogen) atoms. The summed E-state index contributed by atoms with van der Waals surface area (Å²) in [5.74, 6) is 0. The lowest BCUT2D eigenvalue weighted by atomic mass is 10.1. The molecule has 0 unspecified atom stereocenters. The molecular weight excluding hydrogens is 590 g/mol. The predicted molar refractivity (Wildman–Crippen MR) is 209 cm³/mol. The minimum Gasteiger partial charge on any atom is -0.330 e. The molecule has 0 fully saturated rings. The largest absolute Gasteiger partial charge is 0.330 e. The molecule has 0 bridgehead atoms. The van der Waals surface area contributed by atoms with Gasteiger partial charge in [0.05, 0.1) is 24.6 Å². The third-order valence-electron chi connectivity index (χ3n) is 9.44. The zero-order valence-corrected chi connectivity index (χ0v) is 31.4. The number of unbranched alkanes of at least 4 members (excludes halogenated alkanes) is 22. The maximum atomic E-state index is 6.61. The van der Waals surface area contributed by atoms with E-state index in [1.807, 2.05) is 0 Å². The van der Waals surface area contributed by atoms with Crippen LogP contribution in [0.4, 0.5) is 11.4 Å². The van der Waals surface area contributed by atoms with Crippen LogP contribution in [0.3, 0.4) is 0 Å². The minimum atomic E-state index is -0.172. The maximum Gasteiger partial charge on any atom is 0.153 e. The Morgan fingerprint density at radius 1 is 0.438 bits per heavy atom. The van der Waals surface area contributed by atoms with Crippen molar-refractivity contribution >= 4 is 11.4 Å². The quantitative estimate of drug-likeness (QED) is 0.0458. The number of nitrogens with zero attached hydrogens (tertiary/aromatic N) is 2. The minimum absolute atomic E-state index is 0.172. The van der Waals surface area contributed by atoms with Crippen molar-refractivity contribution in [2.45, 2.75) is 181 Å². The Kier molecular flexibility index (Phi) is 27.1. The lowest BCUT2D eigenvalue weighted by Gasteiger charge is -2.40. The highest BCUT2D eigenvalue weighted by Gasteiger charge is 2.28. The molecule has 0 atom stereocenters. The fraction of sp³-hybridized carbons (Fsp3) is 0.721. The summed E-state index contributed by atoms with van der Waals surface area (Å²) in [5, 5.41) is 4.11. The first-order chi connectivity index (χ1) is 23.8. The summed E-state index contributed by atoms with van der Waals surface area (Å²) in [7, 11) is 0. The summed E-state index contributed by atoms with van der Waals surface area (Å²) in [5.41, 5.74) is 8.31. The Hall–Kier alpha value is -2.08. The Morgan fingerprint density at radius 3 is 1.02 bits per heavy atom. The summed E-state index contributed by atoms with van der Waals surface area (Å²) in [6.45, 7) is 6.50. The highest BCUT2D eigenvalue weighted by molar-refractivity contribution is 5.50. The summed E-state index contributed by atoms with van der Waals surface area (Å²) in [6, 6.07) is 20.9. The van der Waals surface area contributed by atoms with Gasteiger partial charge in [-0.2, -0.15) is 0 Å². The molecule has 0 radical (unpaired) electrons.